The summed E-state index contributed by atoms with van der Waals surface area (Å²) in [6.45, 7) is 6.61. The zero-order valence-electron chi connectivity index (χ0n) is 11.1. The topological polar surface area (TPSA) is 59.4 Å². The van der Waals surface area contributed by atoms with E-state index in [-0.39, 0.29) is 11.9 Å². The third-order valence-corrected chi connectivity index (χ3v) is 3.80. The van der Waals surface area contributed by atoms with Gasteiger partial charge in [0.05, 0.1) is 12.1 Å². The van der Waals surface area contributed by atoms with Gasteiger partial charge in [0, 0.05) is 45.2 Å². The van der Waals surface area contributed by atoms with E-state index in [1.165, 1.54) is 0 Å². The second-order valence-corrected chi connectivity index (χ2v) is 5.24. The average Bonchev–Trinajstić information content (AvgIpc) is 3.20. The SMILES string of the molecule is C[C@H](C(=O)NC1CC1)N1CCN(CCC#N)CC1. The first-order valence-corrected chi connectivity index (χ1v) is 6.84. The van der Waals surface area contributed by atoms with Crippen LogP contribution in [-0.2, 0) is 4.79 Å². The Kier molecular flexibility index (Phi) is 4.56. The van der Waals surface area contributed by atoms with Crippen LogP contribution in [0, 0.1) is 11.3 Å². The minimum atomic E-state index is -0.0243. The monoisotopic (exact) mass is 250 g/mol. The summed E-state index contributed by atoms with van der Waals surface area (Å²) in [6, 6.07) is 2.59. The van der Waals surface area contributed by atoms with Gasteiger partial charge in [-0.05, 0) is 19.8 Å². The molecule has 18 heavy (non-hydrogen) atoms. The molecule has 1 amide bonds. The molecular formula is C13H22N4O. The Balaban J connectivity index is 1.71. The van der Waals surface area contributed by atoms with Gasteiger partial charge in [-0.2, -0.15) is 5.26 Å². The molecular weight excluding hydrogens is 228 g/mol. The maximum absolute atomic E-state index is 11.9. The van der Waals surface area contributed by atoms with Crippen LogP contribution >= 0.6 is 0 Å². The Morgan fingerprint density at radius 1 is 1.39 bits per heavy atom. The van der Waals surface area contributed by atoms with Crippen LogP contribution < -0.4 is 5.32 Å². The lowest BCUT2D eigenvalue weighted by molar-refractivity contribution is -0.126. The van der Waals surface area contributed by atoms with Gasteiger partial charge < -0.3 is 5.32 Å². The number of piperazine rings is 1. The van der Waals surface area contributed by atoms with Crippen molar-refractivity contribution >= 4 is 5.91 Å². The average molecular weight is 250 g/mol. The lowest BCUT2D eigenvalue weighted by Crippen LogP contribution is -2.54. The number of nitrogens with zero attached hydrogens (tertiary/aromatic N) is 3. The number of rotatable bonds is 5. The summed E-state index contributed by atoms with van der Waals surface area (Å²) in [5.74, 6) is 0.169. The van der Waals surface area contributed by atoms with Crippen LogP contribution in [0.15, 0.2) is 0 Å². The van der Waals surface area contributed by atoms with Crippen LogP contribution in [0.1, 0.15) is 26.2 Å². The molecule has 1 atom stereocenters. The van der Waals surface area contributed by atoms with E-state index in [0.29, 0.717) is 12.5 Å². The molecule has 5 heteroatoms. The zero-order chi connectivity index (χ0) is 13.0. The summed E-state index contributed by atoms with van der Waals surface area (Å²) in [4.78, 5) is 16.5. The molecule has 1 aliphatic heterocycles. The summed E-state index contributed by atoms with van der Waals surface area (Å²) < 4.78 is 0. The Morgan fingerprint density at radius 2 is 2.06 bits per heavy atom. The fourth-order valence-corrected chi connectivity index (χ4v) is 2.30. The number of nitriles is 1. The van der Waals surface area contributed by atoms with Crippen molar-refractivity contribution in [3.63, 3.8) is 0 Å². The summed E-state index contributed by atoms with van der Waals surface area (Å²) in [6.07, 6.45) is 2.87. The van der Waals surface area contributed by atoms with E-state index in [4.69, 9.17) is 5.26 Å². The van der Waals surface area contributed by atoms with E-state index >= 15 is 0 Å². The number of nitrogens with one attached hydrogen (secondary N) is 1. The van der Waals surface area contributed by atoms with Crippen LogP contribution in [0.5, 0.6) is 0 Å². The second kappa shape index (κ2) is 6.17. The van der Waals surface area contributed by atoms with Crippen molar-refractivity contribution in [2.75, 3.05) is 32.7 Å². The van der Waals surface area contributed by atoms with Gasteiger partial charge in [0.25, 0.3) is 0 Å². The molecule has 0 aromatic rings. The molecule has 100 valence electrons. The lowest BCUT2D eigenvalue weighted by atomic mass is 10.2. The summed E-state index contributed by atoms with van der Waals surface area (Å²) >= 11 is 0. The Bertz CT molecular complexity index is 326. The summed E-state index contributed by atoms with van der Waals surface area (Å²) in [5.41, 5.74) is 0. The molecule has 0 radical (unpaired) electrons. The normalized spacial score (nSPS) is 23.3. The Hall–Kier alpha value is -1.12. The third-order valence-electron chi connectivity index (χ3n) is 3.80. The van der Waals surface area contributed by atoms with Crippen molar-refractivity contribution < 1.29 is 4.79 Å². The fraction of sp³-hybridized carbons (Fsp3) is 0.846. The van der Waals surface area contributed by atoms with Crippen molar-refractivity contribution in [2.24, 2.45) is 0 Å². The molecule has 1 aliphatic carbocycles. The van der Waals surface area contributed by atoms with Gasteiger partial charge in [-0.15, -0.1) is 0 Å². The first-order valence-electron chi connectivity index (χ1n) is 6.84. The highest BCUT2D eigenvalue weighted by Crippen LogP contribution is 2.19. The van der Waals surface area contributed by atoms with Gasteiger partial charge in [-0.3, -0.25) is 14.6 Å². The molecule has 0 aromatic heterocycles. The lowest BCUT2D eigenvalue weighted by Gasteiger charge is -2.37. The van der Waals surface area contributed by atoms with Gasteiger partial charge in [-0.25, -0.2) is 0 Å². The van der Waals surface area contributed by atoms with E-state index in [1.54, 1.807) is 0 Å². The number of carbonyl (C=O) groups is 1. The Morgan fingerprint density at radius 3 is 2.61 bits per heavy atom. The highest BCUT2D eigenvalue weighted by Gasteiger charge is 2.29. The quantitative estimate of drug-likeness (QED) is 0.756. The van der Waals surface area contributed by atoms with Gasteiger partial charge >= 0.3 is 0 Å². The van der Waals surface area contributed by atoms with Crippen LogP contribution in [0.3, 0.4) is 0 Å². The molecule has 1 heterocycles. The Labute approximate surface area is 109 Å². The molecule has 2 aliphatic rings. The van der Waals surface area contributed by atoms with E-state index in [1.807, 2.05) is 6.92 Å². The zero-order valence-corrected chi connectivity index (χ0v) is 11.1. The van der Waals surface area contributed by atoms with Gasteiger partial charge in [0.2, 0.25) is 5.91 Å². The van der Waals surface area contributed by atoms with Crippen molar-refractivity contribution in [1.82, 2.24) is 15.1 Å². The standard InChI is InChI=1S/C13H22N4O/c1-11(13(18)15-12-3-4-12)17-9-7-16(8-10-17)6-2-5-14/h11-12H,2-4,6-10H2,1H3,(H,15,18)/t11-/m1/s1. The third kappa shape index (κ3) is 3.69. The molecule has 1 N–H and O–H groups in total. The predicted molar refractivity (Wildman–Crippen MR) is 68.9 cm³/mol. The van der Waals surface area contributed by atoms with E-state index in [9.17, 15) is 4.79 Å². The van der Waals surface area contributed by atoms with Crippen LogP contribution in [0.4, 0.5) is 0 Å². The van der Waals surface area contributed by atoms with Crippen molar-refractivity contribution in [1.29, 1.82) is 5.26 Å². The van der Waals surface area contributed by atoms with Crippen molar-refractivity contribution in [3.05, 3.63) is 0 Å². The van der Waals surface area contributed by atoms with Gasteiger partial charge in [0.15, 0.2) is 0 Å². The molecule has 2 fully saturated rings. The minimum Gasteiger partial charge on any atom is -0.352 e. The smallest absolute Gasteiger partial charge is 0.237 e. The number of hydrogen-bond donors (Lipinski definition) is 1. The van der Waals surface area contributed by atoms with Crippen LogP contribution in [-0.4, -0.2) is 60.5 Å². The maximum Gasteiger partial charge on any atom is 0.237 e. The molecule has 0 unspecified atom stereocenters. The molecule has 1 saturated carbocycles. The maximum atomic E-state index is 11.9. The van der Waals surface area contributed by atoms with Crippen molar-refractivity contribution in [2.45, 2.75) is 38.3 Å². The van der Waals surface area contributed by atoms with Crippen LogP contribution in [0.2, 0.25) is 0 Å². The molecule has 0 aromatic carbocycles. The highest BCUT2D eigenvalue weighted by atomic mass is 16.2. The van der Waals surface area contributed by atoms with E-state index < -0.39 is 0 Å². The van der Waals surface area contributed by atoms with E-state index in [0.717, 1.165) is 45.6 Å². The van der Waals surface area contributed by atoms with Gasteiger partial charge in [-0.1, -0.05) is 0 Å². The second-order valence-electron chi connectivity index (χ2n) is 5.24. The van der Waals surface area contributed by atoms with Gasteiger partial charge in [0.1, 0.15) is 0 Å². The molecule has 0 spiro atoms. The highest BCUT2D eigenvalue weighted by molar-refractivity contribution is 5.81. The summed E-state index contributed by atoms with van der Waals surface area (Å²) in [5, 5.41) is 11.6. The van der Waals surface area contributed by atoms with Crippen LogP contribution in [0.25, 0.3) is 0 Å². The summed E-state index contributed by atoms with van der Waals surface area (Å²) in [7, 11) is 0. The fourth-order valence-electron chi connectivity index (χ4n) is 2.30. The molecule has 0 bridgehead atoms. The molecule has 2 rings (SSSR count). The molecule has 5 nitrogen and oxygen atoms in total. The van der Waals surface area contributed by atoms with E-state index in [2.05, 4.69) is 21.2 Å². The van der Waals surface area contributed by atoms with Crippen molar-refractivity contribution in [3.8, 4) is 6.07 Å². The first kappa shape index (κ1) is 13.3. The predicted octanol–water partition coefficient (Wildman–Crippen LogP) is 0.185. The number of carbonyl (C=O) groups excluding carboxylic acids is 1. The minimum absolute atomic E-state index is 0.0243. The number of hydrogen-bond acceptors (Lipinski definition) is 4. The number of amides is 1. The first-order chi connectivity index (χ1) is 8.70. The largest absolute Gasteiger partial charge is 0.352 e. The molecule has 1 saturated heterocycles.